The minimum absolute atomic E-state index is 0.131. The second-order valence-corrected chi connectivity index (χ2v) is 7.27. The molecule has 0 saturated carbocycles. The molecule has 1 amide bonds. The van der Waals surface area contributed by atoms with Crippen LogP contribution in [-0.4, -0.2) is 32.6 Å². The number of para-hydroxylation sites is 1. The van der Waals surface area contributed by atoms with Crippen LogP contribution in [0.1, 0.15) is 46.2 Å². The topological polar surface area (TPSA) is 109 Å². The van der Waals surface area contributed by atoms with E-state index in [1.807, 2.05) is 57.3 Å². The number of benzene rings is 1. The standard InChI is InChI=1S/C22H24N6O2/c1-13-14(2)26-21(28-20(13)23-9-8-16-11-24-25-12-16)22(29)27-15(3)19-10-17-6-4-5-7-18(17)30-19/h4-7,10-12,15H,8-9H2,1-3H3,(H,24,25)(H,27,29)(H,23,26,28). The third kappa shape index (κ3) is 4.17. The molecule has 0 fully saturated rings. The van der Waals surface area contributed by atoms with Gasteiger partial charge in [-0.15, -0.1) is 0 Å². The minimum Gasteiger partial charge on any atom is -0.459 e. The van der Waals surface area contributed by atoms with Gasteiger partial charge in [0.15, 0.2) is 0 Å². The summed E-state index contributed by atoms with van der Waals surface area (Å²) < 4.78 is 5.85. The zero-order valence-corrected chi connectivity index (χ0v) is 17.2. The molecule has 8 heteroatoms. The lowest BCUT2D eigenvalue weighted by Gasteiger charge is -2.14. The Labute approximate surface area is 174 Å². The fourth-order valence-corrected chi connectivity index (χ4v) is 3.19. The first kappa shape index (κ1) is 19.6. The lowest BCUT2D eigenvalue weighted by Crippen LogP contribution is -2.29. The van der Waals surface area contributed by atoms with Gasteiger partial charge in [-0.25, -0.2) is 9.97 Å². The first-order valence-corrected chi connectivity index (χ1v) is 9.87. The van der Waals surface area contributed by atoms with Crippen LogP contribution < -0.4 is 10.6 Å². The number of aromatic nitrogens is 4. The number of nitrogens with one attached hydrogen (secondary N) is 3. The van der Waals surface area contributed by atoms with Crippen molar-refractivity contribution in [3.8, 4) is 0 Å². The van der Waals surface area contributed by atoms with Crippen molar-refractivity contribution < 1.29 is 9.21 Å². The van der Waals surface area contributed by atoms with Gasteiger partial charge in [-0.2, -0.15) is 5.10 Å². The molecule has 3 N–H and O–H groups in total. The second kappa shape index (κ2) is 8.36. The van der Waals surface area contributed by atoms with Crippen LogP contribution in [0, 0.1) is 13.8 Å². The van der Waals surface area contributed by atoms with Crippen molar-refractivity contribution in [1.29, 1.82) is 0 Å². The highest BCUT2D eigenvalue weighted by atomic mass is 16.3. The normalized spacial score (nSPS) is 12.1. The molecule has 0 aliphatic heterocycles. The van der Waals surface area contributed by atoms with Crippen LogP contribution in [0.15, 0.2) is 47.1 Å². The molecule has 1 unspecified atom stereocenters. The Kier molecular flexibility index (Phi) is 5.47. The quantitative estimate of drug-likeness (QED) is 0.433. The van der Waals surface area contributed by atoms with Crippen molar-refractivity contribution in [2.75, 3.05) is 11.9 Å². The summed E-state index contributed by atoms with van der Waals surface area (Å²) >= 11 is 0. The largest absolute Gasteiger partial charge is 0.459 e. The van der Waals surface area contributed by atoms with E-state index in [1.165, 1.54) is 0 Å². The van der Waals surface area contributed by atoms with E-state index in [4.69, 9.17) is 4.42 Å². The predicted octanol–water partition coefficient (Wildman–Crippen LogP) is 3.71. The molecule has 0 spiro atoms. The average Bonchev–Trinajstić information content (AvgIpc) is 3.40. The number of rotatable bonds is 7. The Hall–Kier alpha value is -3.68. The summed E-state index contributed by atoms with van der Waals surface area (Å²) in [7, 11) is 0. The lowest BCUT2D eigenvalue weighted by molar-refractivity contribution is 0.0925. The molecule has 0 aliphatic rings. The van der Waals surface area contributed by atoms with Crippen LogP contribution in [0.4, 0.5) is 5.82 Å². The van der Waals surface area contributed by atoms with Crippen LogP contribution >= 0.6 is 0 Å². The Balaban J connectivity index is 1.46. The SMILES string of the molecule is Cc1nc(C(=O)NC(C)c2cc3ccccc3o2)nc(NCCc2cn[nH]c2)c1C. The summed E-state index contributed by atoms with van der Waals surface area (Å²) in [6.45, 7) is 6.36. The molecular weight excluding hydrogens is 380 g/mol. The fraction of sp³-hybridized carbons (Fsp3) is 0.273. The molecule has 3 aromatic heterocycles. The molecule has 8 nitrogen and oxygen atoms in total. The minimum atomic E-state index is -0.344. The van der Waals surface area contributed by atoms with Gasteiger partial charge in [-0.3, -0.25) is 9.89 Å². The molecule has 0 radical (unpaired) electrons. The third-order valence-electron chi connectivity index (χ3n) is 5.07. The number of nitrogens with zero attached hydrogens (tertiary/aromatic N) is 3. The van der Waals surface area contributed by atoms with E-state index in [1.54, 1.807) is 6.20 Å². The van der Waals surface area contributed by atoms with Gasteiger partial charge >= 0.3 is 0 Å². The van der Waals surface area contributed by atoms with Crippen molar-refractivity contribution >= 4 is 22.7 Å². The number of hydrogen-bond donors (Lipinski definition) is 3. The lowest BCUT2D eigenvalue weighted by atomic mass is 10.2. The third-order valence-corrected chi connectivity index (χ3v) is 5.07. The molecule has 1 atom stereocenters. The molecule has 0 aliphatic carbocycles. The maximum absolute atomic E-state index is 12.8. The van der Waals surface area contributed by atoms with Crippen molar-refractivity contribution in [1.82, 2.24) is 25.5 Å². The number of carbonyl (C=O) groups excluding carboxylic acids is 1. The van der Waals surface area contributed by atoms with Crippen molar-refractivity contribution in [2.24, 2.45) is 0 Å². The zero-order valence-electron chi connectivity index (χ0n) is 17.2. The van der Waals surface area contributed by atoms with Crippen LogP contribution in [0.2, 0.25) is 0 Å². The number of aromatic amines is 1. The highest BCUT2D eigenvalue weighted by Crippen LogP contribution is 2.24. The van der Waals surface area contributed by atoms with Gasteiger partial charge in [0.05, 0.1) is 12.2 Å². The summed E-state index contributed by atoms with van der Waals surface area (Å²) in [4.78, 5) is 21.6. The summed E-state index contributed by atoms with van der Waals surface area (Å²) in [5, 5.41) is 14.0. The molecule has 1 aromatic carbocycles. The molecule has 0 bridgehead atoms. The number of carbonyl (C=O) groups is 1. The average molecular weight is 404 g/mol. The van der Waals surface area contributed by atoms with E-state index in [2.05, 4.69) is 30.8 Å². The summed E-state index contributed by atoms with van der Waals surface area (Å²) in [6, 6.07) is 9.38. The van der Waals surface area contributed by atoms with Crippen molar-refractivity contribution in [2.45, 2.75) is 33.2 Å². The molecule has 30 heavy (non-hydrogen) atoms. The van der Waals surface area contributed by atoms with Crippen LogP contribution in [0.25, 0.3) is 11.0 Å². The summed E-state index contributed by atoms with van der Waals surface area (Å²) in [6.07, 6.45) is 4.44. The summed E-state index contributed by atoms with van der Waals surface area (Å²) in [5.74, 6) is 1.13. The van der Waals surface area contributed by atoms with Crippen molar-refractivity contribution in [3.05, 3.63) is 71.1 Å². The monoisotopic (exact) mass is 404 g/mol. The van der Waals surface area contributed by atoms with Crippen LogP contribution in [0.3, 0.4) is 0 Å². The number of aryl methyl sites for hydroxylation is 1. The first-order valence-electron chi connectivity index (χ1n) is 9.87. The van der Waals surface area contributed by atoms with Gasteiger partial charge in [0, 0.05) is 29.4 Å². The number of furan rings is 1. The Morgan fingerprint density at radius 2 is 2.07 bits per heavy atom. The maximum Gasteiger partial charge on any atom is 0.289 e. The van der Waals surface area contributed by atoms with E-state index in [0.29, 0.717) is 18.1 Å². The van der Waals surface area contributed by atoms with Crippen molar-refractivity contribution in [3.63, 3.8) is 0 Å². The van der Waals surface area contributed by atoms with Gasteiger partial charge < -0.3 is 15.1 Å². The van der Waals surface area contributed by atoms with Gasteiger partial charge in [-0.1, -0.05) is 18.2 Å². The Morgan fingerprint density at radius 1 is 1.23 bits per heavy atom. The number of amides is 1. The van der Waals surface area contributed by atoms with E-state index < -0.39 is 0 Å². The molecule has 3 heterocycles. The summed E-state index contributed by atoms with van der Waals surface area (Å²) in [5.41, 5.74) is 3.57. The van der Waals surface area contributed by atoms with Gasteiger partial charge in [0.1, 0.15) is 17.2 Å². The molecule has 4 rings (SSSR count). The number of fused-ring (bicyclic) bond motifs is 1. The van der Waals surface area contributed by atoms with Gasteiger partial charge in [0.2, 0.25) is 5.82 Å². The fourth-order valence-electron chi connectivity index (χ4n) is 3.19. The first-order chi connectivity index (χ1) is 14.5. The van der Waals surface area contributed by atoms with E-state index in [0.717, 1.165) is 34.2 Å². The second-order valence-electron chi connectivity index (χ2n) is 7.27. The molecule has 154 valence electrons. The number of hydrogen-bond acceptors (Lipinski definition) is 6. The number of anilines is 1. The van der Waals surface area contributed by atoms with Gasteiger partial charge in [-0.05, 0) is 44.9 Å². The molecule has 4 aromatic rings. The predicted molar refractivity (Wildman–Crippen MR) is 114 cm³/mol. The van der Waals surface area contributed by atoms with E-state index in [9.17, 15) is 4.79 Å². The number of H-pyrrole nitrogens is 1. The Bertz CT molecular complexity index is 1130. The maximum atomic E-state index is 12.8. The van der Waals surface area contributed by atoms with Crippen LogP contribution in [0.5, 0.6) is 0 Å². The van der Waals surface area contributed by atoms with Gasteiger partial charge in [0.25, 0.3) is 5.91 Å². The van der Waals surface area contributed by atoms with Crippen LogP contribution in [-0.2, 0) is 6.42 Å². The zero-order chi connectivity index (χ0) is 21.1. The smallest absolute Gasteiger partial charge is 0.289 e. The molecule has 0 saturated heterocycles. The highest BCUT2D eigenvalue weighted by Gasteiger charge is 2.19. The molecular formula is C22H24N6O2. The van der Waals surface area contributed by atoms with E-state index >= 15 is 0 Å². The Morgan fingerprint density at radius 3 is 2.83 bits per heavy atom. The highest BCUT2D eigenvalue weighted by molar-refractivity contribution is 5.91. The van der Waals surface area contributed by atoms with E-state index in [-0.39, 0.29) is 17.8 Å².